The van der Waals surface area contributed by atoms with Gasteiger partial charge in [0.25, 0.3) is 5.91 Å². The third kappa shape index (κ3) is 7.83. The molecule has 266 valence electrons. The molecule has 0 saturated carbocycles. The molecule has 2 aromatic carbocycles. The summed E-state index contributed by atoms with van der Waals surface area (Å²) in [5, 5.41) is 9.96. The molecule has 2 saturated heterocycles. The van der Waals surface area contributed by atoms with Crippen molar-refractivity contribution in [2.24, 2.45) is 0 Å². The first kappa shape index (κ1) is 35.2. The van der Waals surface area contributed by atoms with Crippen molar-refractivity contribution in [1.82, 2.24) is 25.5 Å². The largest absolute Gasteiger partial charge is 0.481 e. The van der Waals surface area contributed by atoms with Gasteiger partial charge >= 0.3 is 0 Å². The standard InChI is InChI=1S/C38H40Cl2N6O5/c1-49-25-20-46(21-25)19-22-9-13-33(42-16-22)44-36(48)30-8-4-7-29(35(30)40)26-5-3-6-28-27(26)11-12-32(28)51-38-31(39)15-23(37(45-38)50-2)17-41-18-24-10-14-34(47)43-24/h3-9,13,15-16,24-25,32,41H,10-12,14,17-21H2,1-2H3,(H,43,47)(H,42,44,48)/t24-,32-/m0/s1. The molecule has 7 rings (SSSR count). The first-order valence-corrected chi connectivity index (χ1v) is 17.9. The number of fused-ring (bicyclic) bond motifs is 1. The van der Waals surface area contributed by atoms with Crippen LogP contribution in [0.5, 0.6) is 11.8 Å². The Labute approximate surface area is 307 Å². The van der Waals surface area contributed by atoms with Gasteiger partial charge in [0.2, 0.25) is 17.7 Å². The van der Waals surface area contributed by atoms with Gasteiger partial charge in [0.05, 0.1) is 23.8 Å². The lowest BCUT2D eigenvalue weighted by Crippen LogP contribution is -2.50. The van der Waals surface area contributed by atoms with E-state index in [2.05, 4.69) is 30.8 Å². The number of carbonyl (C=O) groups excluding carboxylic acids is 2. The van der Waals surface area contributed by atoms with Crippen molar-refractivity contribution in [3.05, 3.63) is 98.7 Å². The summed E-state index contributed by atoms with van der Waals surface area (Å²) in [6.45, 7) is 3.71. The molecule has 2 amide bonds. The van der Waals surface area contributed by atoms with Gasteiger partial charge in [-0.3, -0.25) is 14.5 Å². The van der Waals surface area contributed by atoms with Gasteiger partial charge in [0.1, 0.15) is 16.9 Å². The molecule has 2 fully saturated rings. The topological polar surface area (TPSA) is 127 Å². The van der Waals surface area contributed by atoms with Crippen LogP contribution in [0, 0.1) is 0 Å². The molecular weight excluding hydrogens is 691 g/mol. The zero-order valence-electron chi connectivity index (χ0n) is 28.5. The van der Waals surface area contributed by atoms with Gasteiger partial charge in [-0.25, -0.2) is 4.98 Å². The molecule has 0 bridgehead atoms. The summed E-state index contributed by atoms with van der Waals surface area (Å²) in [6, 6.07) is 17.2. The maximum absolute atomic E-state index is 13.4. The van der Waals surface area contributed by atoms with Gasteiger partial charge in [-0.2, -0.15) is 4.98 Å². The highest BCUT2D eigenvalue weighted by atomic mass is 35.5. The molecule has 0 unspecified atom stereocenters. The maximum Gasteiger partial charge on any atom is 0.258 e. The number of anilines is 1. The molecule has 2 aromatic heterocycles. The lowest BCUT2D eigenvalue weighted by molar-refractivity contribution is -0.119. The second-order valence-electron chi connectivity index (χ2n) is 13.1. The van der Waals surface area contributed by atoms with Crippen LogP contribution in [0.4, 0.5) is 5.82 Å². The molecule has 13 heteroatoms. The smallest absolute Gasteiger partial charge is 0.258 e. The molecule has 51 heavy (non-hydrogen) atoms. The summed E-state index contributed by atoms with van der Waals surface area (Å²) >= 11 is 13.7. The van der Waals surface area contributed by atoms with Crippen LogP contribution < -0.4 is 25.4 Å². The number of methoxy groups -OCH3 is 2. The summed E-state index contributed by atoms with van der Waals surface area (Å²) in [7, 11) is 3.30. The number of rotatable bonds is 13. The number of halogens is 2. The Morgan fingerprint density at radius 3 is 2.59 bits per heavy atom. The third-order valence-corrected chi connectivity index (χ3v) is 10.4. The minimum absolute atomic E-state index is 0.0837. The number of nitrogens with zero attached hydrogens (tertiary/aromatic N) is 3. The van der Waals surface area contributed by atoms with Crippen molar-refractivity contribution >= 4 is 40.8 Å². The van der Waals surface area contributed by atoms with Crippen molar-refractivity contribution in [2.45, 2.75) is 57.0 Å². The second-order valence-corrected chi connectivity index (χ2v) is 13.9. The molecule has 4 heterocycles. The minimum atomic E-state index is -0.333. The first-order valence-electron chi connectivity index (χ1n) is 17.1. The summed E-state index contributed by atoms with van der Waals surface area (Å²) in [5.74, 6) is 0.920. The SMILES string of the molecule is COc1nc(O[C@H]2CCc3c(-c4cccc(C(=O)Nc5ccc(CN6CC(OC)C6)cn5)c4Cl)cccc32)c(Cl)cc1CNC[C@@H]1CCC(=O)N1. The number of carbonyl (C=O) groups is 2. The number of hydrogen-bond acceptors (Lipinski definition) is 9. The molecule has 4 aromatic rings. The van der Waals surface area contributed by atoms with Gasteiger partial charge in [-0.15, -0.1) is 0 Å². The van der Waals surface area contributed by atoms with Crippen LogP contribution in [0.1, 0.15) is 58.0 Å². The molecule has 2 aliphatic heterocycles. The number of amides is 2. The van der Waals surface area contributed by atoms with Gasteiger partial charge in [0.15, 0.2) is 0 Å². The van der Waals surface area contributed by atoms with Crippen molar-refractivity contribution < 1.29 is 23.8 Å². The zero-order chi connectivity index (χ0) is 35.5. The normalized spacial score (nSPS) is 18.6. The minimum Gasteiger partial charge on any atom is -0.481 e. The lowest BCUT2D eigenvalue weighted by Gasteiger charge is -2.38. The number of nitrogens with one attached hydrogen (secondary N) is 3. The summed E-state index contributed by atoms with van der Waals surface area (Å²) in [4.78, 5) is 36.3. The highest BCUT2D eigenvalue weighted by Crippen LogP contribution is 2.43. The van der Waals surface area contributed by atoms with E-state index >= 15 is 0 Å². The van der Waals surface area contributed by atoms with E-state index in [0.29, 0.717) is 65.2 Å². The highest BCUT2D eigenvalue weighted by Gasteiger charge is 2.30. The van der Waals surface area contributed by atoms with E-state index in [1.807, 2.05) is 42.5 Å². The van der Waals surface area contributed by atoms with Gasteiger partial charge in [-0.1, -0.05) is 59.6 Å². The number of aromatic nitrogens is 2. The molecular formula is C38H40Cl2N6O5. The predicted octanol–water partition coefficient (Wildman–Crippen LogP) is 5.98. The lowest BCUT2D eigenvalue weighted by atomic mass is 9.95. The van der Waals surface area contributed by atoms with E-state index in [1.54, 1.807) is 32.5 Å². The molecule has 2 atom stereocenters. The number of ether oxygens (including phenoxy) is 3. The Morgan fingerprint density at radius 2 is 1.84 bits per heavy atom. The number of likely N-dealkylation sites (tertiary alicyclic amines) is 1. The Hall–Kier alpha value is -4.26. The van der Waals surface area contributed by atoms with Crippen LogP contribution in [-0.4, -0.2) is 72.7 Å². The van der Waals surface area contributed by atoms with E-state index in [0.717, 1.165) is 65.9 Å². The predicted molar refractivity (Wildman–Crippen MR) is 196 cm³/mol. The number of benzene rings is 2. The van der Waals surface area contributed by atoms with Gasteiger partial charge < -0.3 is 30.2 Å². The Balaban J connectivity index is 1.02. The fourth-order valence-corrected chi connectivity index (χ4v) is 7.50. The van der Waals surface area contributed by atoms with Crippen LogP contribution in [-0.2, 0) is 29.0 Å². The van der Waals surface area contributed by atoms with Crippen molar-refractivity contribution in [3.8, 4) is 22.9 Å². The summed E-state index contributed by atoms with van der Waals surface area (Å²) in [6.07, 6.45) is 4.62. The Bertz CT molecular complexity index is 1920. The number of hydrogen-bond donors (Lipinski definition) is 3. The van der Waals surface area contributed by atoms with Crippen LogP contribution in [0.25, 0.3) is 11.1 Å². The van der Waals surface area contributed by atoms with Crippen LogP contribution >= 0.6 is 23.2 Å². The zero-order valence-corrected chi connectivity index (χ0v) is 30.0. The van der Waals surface area contributed by atoms with Gasteiger partial charge in [-0.05, 0) is 59.7 Å². The molecule has 3 N–H and O–H groups in total. The first-order chi connectivity index (χ1) is 24.8. The van der Waals surface area contributed by atoms with Crippen molar-refractivity contribution in [2.75, 3.05) is 39.2 Å². The molecule has 1 aliphatic carbocycles. The van der Waals surface area contributed by atoms with E-state index in [1.165, 1.54) is 0 Å². The summed E-state index contributed by atoms with van der Waals surface area (Å²) < 4.78 is 17.4. The quantitative estimate of drug-likeness (QED) is 0.152. The summed E-state index contributed by atoms with van der Waals surface area (Å²) in [5.41, 5.74) is 6.04. The van der Waals surface area contributed by atoms with Crippen LogP contribution in [0.3, 0.4) is 0 Å². The van der Waals surface area contributed by atoms with Crippen LogP contribution in [0.15, 0.2) is 60.8 Å². The molecule has 3 aliphatic rings. The average Bonchev–Trinajstić information content (AvgIpc) is 3.73. The fraction of sp³-hybridized carbons (Fsp3) is 0.368. The van der Waals surface area contributed by atoms with Crippen LogP contribution in [0.2, 0.25) is 10.0 Å². The highest BCUT2D eigenvalue weighted by molar-refractivity contribution is 6.37. The average molecular weight is 732 g/mol. The van der Waals surface area contributed by atoms with Gasteiger partial charge in [0, 0.05) is 69.6 Å². The Morgan fingerprint density at radius 1 is 1.02 bits per heavy atom. The second kappa shape index (κ2) is 15.5. The fourth-order valence-electron chi connectivity index (χ4n) is 6.97. The van der Waals surface area contributed by atoms with E-state index in [4.69, 9.17) is 37.4 Å². The monoisotopic (exact) mass is 730 g/mol. The Kier molecular flexibility index (Phi) is 10.7. The molecule has 0 radical (unpaired) electrons. The molecule has 0 spiro atoms. The van der Waals surface area contributed by atoms with E-state index in [9.17, 15) is 9.59 Å². The van der Waals surface area contributed by atoms with Crippen molar-refractivity contribution in [3.63, 3.8) is 0 Å². The maximum atomic E-state index is 13.4. The number of pyridine rings is 2. The third-order valence-electron chi connectivity index (χ3n) is 9.70. The molecule has 11 nitrogen and oxygen atoms in total. The van der Waals surface area contributed by atoms with E-state index < -0.39 is 0 Å². The van der Waals surface area contributed by atoms with E-state index in [-0.39, 0.29) is 24.0 Å². The van der Waals surface area contributed by atoms with Crippen molar-refractivity contribution in [1.29, 1.82) is 0 Å².